The first-order valence-corrected chi connectivity index (χ1v) is 8.58. The van der Waals surface area contributed by atoms with Crippen LogP contribution >= 0.6 is 0 Å². The molecule has 0 atom stereocenters. The van der Waals surface area contributed by atoms with Gasteiger partial charge in [-0.25, -0.2) is 0 Å². The number of ether oxygens (including phenoxy) is 2. The molecule has 0 fully saturated rings. The van der Waals surface area contributed by atoms with Crippen LogP contribution in [0.3, 0.4) is 0 Å². The minimum atomic E-state index is -0.467. The third-order valence-corrected chi connectivity index (χ3v) is 3.93. The summed E-state index contributed by atoms with van der Waals surface area (Å²) >= 11 is 0. The largest absolute Gasteiger partial charge is 0.493 e. The number of hydrogen-bond acceptors (Lipinski definition) is 4. The van der Waals surface area contributed by atoms with E-state index >= 15 is 0 Å². The van der Waals surface area contributed by atoms with Crippen molar-refractivity contribution in [3.63, 3.8) is 0 Å². The molecule has 26 heavy (non-hydrogen) atoms. The van der Waals surface area contributed by atoms with Crippen molar-refractivity contribution >= 4 is 17.6 Å². The smallest absolute Gasteiger partial charge is 0.309 e. The Kier molecular flexibility index (Phi) is 6.78. The molecule has 0 aliphatic rings. The Balaban J connectivity index is 1.72. The number of nitrogens with one attached hydrogen (secondary N) is 1. The molecule has 1 N–H and O–H groups in total. The van der Waals surface area contributed by atoms with Crippen LogP contribution in [0, 0.1) is 27.7 Å². The molecule has 0 aliphatic heterocycles. The summed E-state index contributed by atoms with van der Waals surface area (Å²) in [4.78, 5) is 23.7. The quantitative estimate of drug-likeness (QED) is 0.766. The maximum absolute atomic E-state index is 11.9. The Morgan fingerprint density at radius 1 is 0.923 bits per heavy atom. The molecule has 5 nitrogen and oxygen atoms in total. The molecule has 0 spiro atoms. The summed E-state index contributed by atoms with van der Waals surface area (Å²) in [7, 11) is 0. The van der Waals surface area contributed by atoms with E-state index in [-0.39, 0.29) is 25.5 Å². The van der Waals surface area contributed by atoms with Crippen LogP contribution in [-0.2, 0) is 14.3 Å². The van der Waals surface area contributed by atoms with Gasteiger partial charge in [0.1, 0.15) is 5.75 Å². The number of hydrogen-bond donors (Lipinski definition) is 1. The summed E-state index contributed by atoms with van der Waals surface area (Å²) in [5, 5.41) is 2.74. The highest BCUT2D eigenvalue weighted by Gasteiger charge is 2.10. The number of carbonyl (C=O) groups excluding carboxylic acids is 2. The summed E-state index contributed by atoms with van der Waals surface area (Å²) in [6.45, 7) is 7.73. The lowest BCUT2D eigenvalue weighted by molar-refractivity contribution is -0.147. The molecule has 0 unspecified atom stereocenters. The Morgan fingerprint density at radius 2 is 1.62 bits per heavy atom. The monoisotopic (exact) mass is 355 g/mol. The van der Waals surface area contributed by atoms with Gasteiger partial charge in [-0.3, -0.25) is 9.59 Å². The van der Waals surface area contributed by atoms with Crippen LogP contribution in [0.4, 0.5) is 5.69 Å². The fourth-order valence-electron chi connectivity index (χ4n) is 2.47. The van der Waals surface area contributed by atoms with Crippen LogP contribution in [0.2, 0.25) is 0 Å². The van der Waals surface area contributed by atoms with Gasteiger partial charge in [0, 0.05) is 5.69 Å². The highest BCUT2D eigenvalue weighted by molar-refractivity contribution is 5.93. The van der Waals surface area contributed by atoms with E-state index < -0.39 is 5.97 Å². The minimum absolute atomic E-state index is 0.0875. The zero-order chi connectivity index (χ0) is 19.1. The van der Waals surface area contributed by atoms with Crippen molar-refractivity contribution in [3.8, 4) is 5.75 Å². The fourth-order valence-corrected chi connectivity index (χ4v) is 2.47. The molecule has 138 valence electrons. The topological polar surface area (TPSA) is 64.6 Å². The van der Waals surface area contributed by atoms with E-state index in [1.165, 1.54) is 0 Å². The standard InChI is InChI=1S/C21H25NO4/c1-14-6-8-18(17(4)11-14)22-20(23)13-26-21(24)9-10-25-19-12-15(2)5-7-16(19)3/h5-8,11-12H,9-10,13H2,1-4H3,(H,22,23). The van der Waals surface area contributed by atoms with Crippen molar-refractivity contribution in [2.75, 3.05) is 18.5 Å². The predicted molar refractivity (Wildman–Crippen MR) is 102 cm³/mol. The van der Waals surface area contributed by atoms with Gasteiger partial charge in [0.2, 0.25) is 0 Å². The third kappa shape index (κ3) is 5.92. The van der Waals surface area contributed by atoms with Crippen molar-refractivity contribution in [1.82, 2.24) is 0 Å². The summed E-state index contributed by atoms with van der Waals surface area (Å²) in [5.41, 5.74) is 4.91. The summed E-state index contributed by atoms with van der Waals surface area (Å²) in [5.74, 6) is -0.0720. The molecule has 5 heteroatoms. The molecule has 0 saturated carbocycles. The van der Waals surface area contributed by atoms with Gasteiger partial charge in [-0.2, -0.15) is 0 Å². The van der Waals surface area contributed by atoms with Crippen LogP contribution in [0.15, 0.2) is 36.4 Å². The molecule has 2 rings (SSSR count). The Bertz CT molecular complexity index is 799. The second-order valence-corrected chi connectivity index (χ2v) is 6.39. The van der Waals surface area contributed by atoms with Crippen LogP contribution in [0.1, 0.15) is 28.7 Å². The first-order chi connectivity index (χ1) is 12.3. The normalized spacial score (nSPS) is 10.3. The van der Waals surface area contributed by atoms with E-state index in [1.54, 1.807) is 0 Å². The maximum Gasteiger partial charge on any atom is 0.309 e. The minimum Gasteiger partial charge on any atom is -0.493 e. The molecule has 2 aromatic rings. The molecule has 1 amide bonds. The van der Waals surface area contributed by atoms with Crippen LogP contribution in [-0.4, -0.2) is 25.1 Å². The zero-order valence-corrected chi connectivity index (χ0v) is 15.7. The second-order valence-electron chi connectivity index (χ2n) is 6.39. The van der Waals surface area contributed by atoms with E-state index in [1.807, 2.05) is 64.1 Å². The first-order valence-electron chi connectivity index (χ1n) is 8.58. The molecule has 0 bridgehead atoms. The molecule has 0 saturated heterocycles. The van der Waals surface area contributed by atoms with Gasteiger partial charge in [0.05, 0.1) is 13.0 Å². The molecule has 2 aromatic carbocycles. The molecule has 0 aromatic heterocycles. The number of rotatable bonds is 7. The molecular weight excluding hydrogens is 330 g/mol. The number of esters is 1. The van der Waals surface area contributed by atoms with Crippen molar-refractivity contribution in [3.05, 3.63) is 58.7 Å². The number of aryl methyl sites for hydroxylation is 4. The van der Waals surface area contributed by atoms with E-state index in [4.69, 9.17) is 9.47 Å². The van der Waals surface area contributed by atoms with Gasteiger partial charge in [0.25, 0.3) is 5.91 Å². The van der Waals surface area contributed by atoms with Crippen LogP contribution < -0.4 is 10.1 Å². The average molecular weight is 355 g/mol. The third-order valence-electron chi connectivity index (χ3n) is 3.93. The second kappa shape index (κ2) is 9.04. The number of carbonyl (C=O) groups is 2. The molecular formula is C21H25NO4. The lowest BCUT2D eigenvalue weighted by Crippen LogP contribution is -2.22. The van der Waals surface area contributed by atoms with Crippen molar-refractivity contribution in [2.45, 2.75) is 34.1 Å². The van der Waals surface area contributed by atoms with E-state index in [9.17, 15) is 9.59 Å². The Labute approximate surface area is 154 Å². The predicted octanol–water partition coefficient (Wildman–Crippen LogP) is 3.87. The fraction of sp³-hybridized carbons (Fsp3) is 0.333. The van der Waals surface area contributed by atoms with Gasteiger partial charge in [0.15, 0.2) is 6.61 Å². The maximum atomic E-state index is 11.9. The lowest BCUT2D eigenvalue weighted by Gasteiger charge is -2.11. The van der Waals surface area contributed by atoms with E-state index in [0.29, 0.717) is 0 Å². The summed E-state index contributed by atoms with van der Waals surface area (Å²) in [6, 6.07) is 11.6. The van der Waals surface area contributed by atoms with Gasteiger partial charge in [-0.1, -0.05) is 29.8 Å². The first kappa shape index (κ1) is 19.5. The van der Waals surface area contributed by atoms with E-state index in [2.05, 4.69) is 5.32 Å². The van der Waals surface area contributed by atoms with Gasteiger partial charge < -0.3 is 14.8 Å². The summed E-state index contributed by atoms with van der Waals surface area (Å²) in [6.07, 6.45) is 0.0875. The van der Waals surface area contributed by atoms with Crippen molar-refractivity contribution in [2.24, 2.45) is 0 Å². The van der Waals surface area contributed by atoms with Gasteiger partial charge >= 0.3 is 5.97 Å². The van der Waals surface area contributed by atoms with Gasteiger partial charge in [-0.15, -0.1) is 0 Å². The highest BCUT2D eigenvalue weighted by atomic mass is 16.5. The number of anilines is 1. The molecule has 0 heterocycles. The zero-order valence-electron chi connectivity index (χ0n) is 15.7. The van der Waals surface area contributed by atoms with Crippen molar-refractivity contribution in [1.29, 1.82) is 0 Å². The number of amides is 1. The SMILES string of the molecule is Cc1ccc(NC(=O)COC(=O)CCOc2cc(C)ccc2C)c(C)c1. The molecule has 0 radical (unpaired) electrons. The highest BCUT2D eigenvalue weighted by Crippen LogP contribution is 2.19. The van der Waals surface area contributed by atoms with Crippen LogP contribution in [0.25, 0.3) is 0 Å². The Morgan fingerprint density at radius 3 is 2.35 bits per heavy atom. The van der Waals surface area contributed by atoms with Crippen LogP contribution in [0.5, 0.6) is 5.75 Å². The number of benzene rings is 2. The van der Waals surface area contributed by atoms with Crippen molar-refractivity contribution < 1.29 is 19.1 Å². The summed E-state index contributed by atoms with van der Waals surface area (Å²) < 4.78 is 10.6. The van der Waals surface area contributed by atoms with E-state index in [0.717, 1.165) is 33.7 Å². The average Bonchev–Trinajstić information content (AvgIpc) is 2.58. The van der Waals surface area contributed by atoms with Gasteiger partial charge in [-0.05, 0) is 56.5 Å². The molecule has 0 aliphatic carbocycles. The Hall–Kier alpha value is -2.82. The lowest BCUT2D eigenvalue weighted by atomic mass is 10.1.